The Kier molecular flexibility index (Phi) is 42.8. The van der Waals surface area contributed by atoms with E-state index >= 15 is 0 Å². The van der Waals surface area contributed by atoms with Crippen LogP contribution >= 0.6 is 0 Å². The number of rotatable bonds is 46. The third kappa shape index (κ3) is 40.6. The second-order valence-corrected chi connectivity index (χ2v) is 17.0. The zero-order valence-corrected chi connectivity index (χ0v) is 39.0. The van der Waals surface area contributed by atoms with Gasteiger partial charge in [0.2, 0.25) is 0 Å². The summed E-state index contributed by atoms with van der Waals surface area (Å²) in [5, 5.41) is 16.9. The molecule has 1 unspecified atom stereocenters. The van der Waals surface area contributed by atoms with Gasteiger partial charge in [0.15, 0.2) is 5.82 Å². The summed E-state index contributed by atoms with van der Waals surface area (Å²) in [6, 6.07) is 0. The van der Waals surface area contributed by atoms with Crippen molar-refractivity contribution in [1.29, 1.82) is 0 Å². The van der Waals surface area contributed by atoms with Gasteiger partial charge in [0.05, 0.1) is 17.6 Å². The molecule has 0 aromatic heterocycles. The molecule has 9 nitrogen and oxygen atoms in total. The minimum absolute atomic E-state index is 0.00955. The average molecular weight is 821 g/mol. The predicted octanol–water partition coefficient (Wildman–Crippen LogP) is 13.6. The highest BCUT2D eigenvalue weighted by Gasteiger charge is 2.14. The maximum absolute atomic E-state index is 12.8. The largest absolute Gasteiger partial charge is 0.462 e. The van der Waals surface area contributed by atoms with Crippen LogP contribution in [-0.2, 0) is 14.3 Å². The van der Waals surface area contributed by atoms with Crippen LogP contribution in [-0.4, -0.2) is 67.8 Å². The van der Waals surface area contributed by atoms with Gasteiger partial charge in [0, 0.05) is 20.0 Å². The summed E-state index contributed by atoms with van der Waals surface area (Å²) in [6.45, 7) is 13.6. The molecule has 0 amide bonds. The second-order valence-electron chi connectivity index (χ2n) is 17.0. The summed E-state index contributed by atoms with van der Waals surface area (Å²) < 4.78 is 12.1. The molecule has 0 radical (unpaired) electrons. The van der Waals surface area contributed by atoms with Gasteiger partial charge in [-0.1, -0.05) is 161 Å². The molecule has 0 aromatic rings. The van der Waals surface area contributed by atoms with E-state index in [0.717, 1.165) is 83.8 Å². The zero-order valence-electron chi connectivity index (χ0n) is 39.0. The highest BCUT2D eigenvalue weighted by molar-refractivity contribution is 5.69. The lowest BCUT2D eigenvalue weighted by atomic mass is 10.0. The van der Waals surface area contributed by atoms with E-state index in [9.17, 15) is 14.9 Å². The molecule has 0 spiro atoms. The summed E-state index contributed by atoms with van der Waals surface area (Å²) in [5.41, 5.74) is 0. The Morgan fingerprint density at radius 2 is 1.12 bits per heavy atom. The van der Waals surface area contributed by atoms with Crippen molar-refractivity contribution in [2.45, 2.75) is 245 Å². The van der Waals surface area contributed by atoms with Gasteiger partial charge >= 0.3 is 5.97 Å². The fraction of sp³-hybridized carbons (Fsp3) is 0.898. The topological polar surface area (TPSA) is 106 Å². The fourth-order valence-electron chi connectivity index (χ4n) is 7.59. The van der Waals surface area contributed by atoms with E-state index in [-0.39, 0.29) is 12.1 Å². The van der Waals surface area contributed by atoms with Crippen molar-refractivity contribution < 1.29 is 19.2 Å². The number of nitro groups is 1. The van der Waals surface area contributed by atoms with Crippen LogP contribution in [0.3, 0.4) is 0 Å². The molecule has 0 heterocycles. The number of allylic oxidation sites excluding steroid dienone is 1. The number of nitrogens with zero attached hydrogens (tertiary/aromatic N) is 2. The number of esters is 1. The highest BCUT2D eigenvalue weighted by atomic mass is 16.6. The summed E-state index contributed by atoms with van der Waals surface area (Å²) >= 11 is 0. The van der Waals surface area contributed by atoms with Crippen molar-refractivity contribution in [2.24, 2.45) is 0 Å². The normalized spacial score (nSPS) is 12.6. The van der Waals surface area contributed by atoms with Gasteiger partial charge in [-0.3, -0.25) is 14.9 Å². The van der Waals surface area contributed by atoms with Crippen LogP contribution in [0.25, 0.3) is 0 Å². The predicted molar refractivity (Wildman–Crippen MR) is 248 cm³/mol. The Labute approximate surface area is 359 Å². The van der Waals surface area contributed by atoms with Gasteiger partial charge in [0.1, 0.15) is 6.10 Å². The highest BCUT2D eigenvalue weighted by Crippen LogP contribution is 2.19. The maximum Gasteiger partial charge on any atom is 0.306 e. The van der Waals surface area contributed by atoms with E-state index in [4.69, 9.17) is 9.47 Å². The van der Waals surface area contributed by atoms with E-state index in [1.54, 1.807) is 7.05 Å². The first-order valence-corrected chi connectivity index (χ1v) is 24.8. The lowest BCUT2D eigenvalue weighted by Crippen LogP contribution is -2.31. The molecule has 342 valence electrons. The van der Waals surface area contributed by atoms with E-state index < -0.39 is 4.92 Å². The van der Waals surface area contributed by atoms with Crippen molar-refractivity contribution in [3.8, 4) is 0 Å². The van der Waals surface area contributed by atoms with Crippen LogP contribution in [0.2, 0.25) is 0 Å². The first kappa shape index (κ1) is 55.9. The van der Waals surface area contributed by atoms with E-state index in [1.165, 1.54) is 148 Å². The van der Waals surface area contributed by atoms with Crippen LogP contribution in [0.5, 0.6) is 0 Å². The molecule has 0 saturated heterocycles. The van der Waals surface area contributed by atoms with Crippen LogP contribution < -0.4 is 10.6 Å². The molecule has 0 fully saturated rings. The molecule has 0 saturated carbocycles. The Bertz CT molecular complexity index is 945. The minimum Gasteiger partial charge on any atom is -0.462 e. The standard InChI is InChI=1S/C49H96N4O5/c1-6-9-12-15-18-27-34-44-57-46(4)36-28-21-19-25-32-41-52(43-35-40-51-48(50-5)45-53(55)56)42-33-26-20-24-31-39-49(54)58-47(37-29-22-16-13-10-7-2)38-30-23-17-14-11-8-3/h27,34,45-47,50-51H,6-26,28-33,35-44H2,1-5H3/b34-27-,48-45+. The monoisotopic (exact) mass is 821 g/mol. The van der Waals surface area contributed by atoms with E-state index in [1.807, 2.05) is 0 Å². The van der Waals surface area contributed by atoms with E-state index in [2.05, 4.69) is 55.4 Å². The van der Waals surface area contributed by atoms with Crippen molar-refractivity contribution in [3.63, 3.8) is 0 Å². The zero-order chi connectivity index (χ0) is 42.6. The quantitative estimate of drug-likeness (QED) is 0.0206. The molecule has 0 aliphatic carbocycles. The van der Waals surface area contributed by atoms with Crippen molar-refractivity contribution in [2.75, 3.05) is 39.8 Å². The number of unbranched alkanes of at least 4 members (excludes halogenated alkanes) is 22. The molecule has 9 heteroatoms. The molecular formula is C49H96N4O5. The van der Waals surface area contributed by atoms with Crippen molar-refractivity contribution >= 4 is 5.97 Å². The van der Waals surface area contributed by atoms with Crippen molar-refractivity contribution in [1.82, 2.24) is 15.5 Å². The molecular weight excluding hydrogens is 725 g/mol. The molecule has 2 N–H and O–H groups in total. The number of hydrogen-bond donors (Lipinski definition) is 2. The van der Waals surface area contributed by atoms with Crippen molar-refractivity contribution in [3.05, 3.63) is 34.3 Å². The Balaban J connectivity index is 4.51. The first-order chi connectivity index (χ1) is 28.4. The number of ether oxygens (including phenoxy) is 2. The molecule has 0 aromatic carbocycles. The van der Waals surface area contributed by atoms with Crippen LogP contribution in [0.4, 0.5) is 0 Å². The molecule has 1 atom stereocenters. The maximum atomic E-state index is 12.8. The van der Waals surface area contributed by atoms with Gasteiger partial charge in [0.25, 0.3) is 6.20 Å². The first-order valence-electron chi connectivity index (χ1n) is 24.8. The Hall–Kier alpha value is -2.13. The Morgan fingerprint density at radius 3 is 1.67 bits per heavy atom. The summed E-state index contributed by atoms with van der Waals surface area (Å²) in [7, 11) is 1.70. The smallest absolute Gasteiger partial charge is 0.306 e. The lowest BCUT2D eigenvalue weighted by molar-refractivity contribution is -0.404. The molecule has 0 aliphatic rings. The van der Waals surface area contributed by atoms with Gasteiger partial charge in [-0.2, -0.15) is 0 Å². The third-order valence-corrected chi connectivity index (χ3v) is 11.3. The van der Waals surface area contributed by atoms with Gasteiger partial charge in [-0.05, 0) is 97.2 Å². The number of hydrogen-bond acceptors (Lipinski definition) is 8. The average Bonchev–Trinajstić information content (AvgIpc) is 3.21. The number of nitrogens with one attached hydrogen (secondary N) is 2. The van der Waals surface area contributed by atoms with Crippen LogP contribution in [0, 0.1) is 10.1 Å². The Morgan fingerprint density at radius 1 is 0.638 bits per heavy atom. The minimum atomic E-state index is -0.429. The van der Waals surface area contributed by atoms with Gasteiger partial charge in [-0.15, -0.1) is 0 Å². The third-order valence-electron chi connectivity index (χ3n) is 11.3. The molecule has 0 rings (SSSR count). The molecule has 58 heavy (non-hydrogen) atoms. The number of carbonyl (C=O) groups excluding carboxylic acids is 1. The SMILES string of the molecule is CCCCCC/C=C\COC(C)CCCCCCCN(CCCCCCCC(=O)OC(CCCCCCCC)CCCCCCCC)CCCN/C(=C/[N+](=O)[O-])NC. The summed E-state index contributed by atoms with van der Waals surface area (Å²) in [4.78, 5) is 25.9. The second kappa shape index (κ2) is 44.4. The van der Waals surface area contributed by atoms with Gasteiger partial charge in [-0.25, -0.2) is 0 Å². The van der Waals surface area contributed by atoms with Crippen LogP contribution in [0.1, 0.15) is 233 Å². The summed E-state index contributed by atoms with van der Waals surface area (Å²) in [5.74, 6) is 0.455. The van der Waals surface area contributed by atoms with E-state index in [0.29, 0.717) is 24.9 Å². The van der Waals surface area contributed by atoms with Crippen LogP contribution in [0.15, 0.2) is 24.2 Å². The lowest BCUT2D eigenvalue weighted by Gasteiger charge is -2.22. The molecule has 0 bridgehead atoms. The fourth-order valence-corrected chi connectivity index (χ4v) is 7.59. The summed E-state index contributed by atoms with van der Waals surface area (Å²) in [6.07, 6.45) is 43.9. The molecule has 0 aliphatic heterocycles. The van der Waals surface area contributed by atoms with Gasteiger partial charge < -0.3 is 25.0 Å². The number of carbonyl (C=O) groups is 1.